The molecule has 1 aliphatic heterocycles. The van der Waals surface area contributed by atoms with Crippen LogP contribution in [0.25, 0.3) is 5.52 Å². The van der Waals surface area contributed by atoms with E-state index in [1.807, 2.05) is 31.2 Å². The van der Waals surface area contributed by atoms with Crippen LogP contribution in [0.4, 0.5) is 5.69 Å². The molecule has 1 N–H and O–H groups in total. The molecule has 1 aliphatic rings. The third-order valence-electron chi connectivity index (χ3n) is 4.09. The van der Waals surface area contributed by atoms with E-state index in [9.17, 15) is 4.79 Å². The quantitative estimate of drug-likeness (QED) is 0.786. The first kappa shape index (κ1) is 12.8. The number of hydrogen-bond donors (Lipinski definition) is 1. The zero-order chi connectivity index (χ0) is 15.3. The average molecular weight is 294 g/mol. The molecular weight excluding hydrogens is 280 g/mol. The Hall–Kier alpha value is -2.89. The van der Waals surface area contributed by atoms with Crippen LogP contribution in [0, 0.1) is 6.92 Å². The second kappa shape index (κ2) is 4.56. The minimum absolute atomic E-state index is 0.0682. The van der Waals surface area contributed by atoms with Crippen molar-refractivity contribution in [1.29, 1.82) is 0 Å². The molecule has 0 saturated carbocycles. The summed E-state index contributed by atoms with van der Waals surface area (Å²) in [6.45, 7) is 1.94. The van der Waals surface area contributed by atoms with E-state index in [-0.39, 0.29) is 5.91 Å². The highest BCUT2D eigenvalue weighted by atomic mass is 16.5. The van der Waals surface area contributed by atoms with Gasteiger partial charge in [0.05, 0.1) is 24.5 Å². The Labute approximate surface area is 126 Å². The summed E-state index contributed by atoms with van der Waals surface area (Å²) in [4.78, 5) is 16.8. The minimum Gasteiger partial charge on any atom is -0.495 e. The van der Waals surface area contributed by atoms with E-state index in [0.29, 0.717) is 5.69 Å². The molecule has 4 rings (SSSR count). The molecule has 0 saturated heterocycles. The molecule has 0 bridgehead atoms. The van der Waals surface area contributed by atoms with Crippen LogP contribution in [-0.4, -0.2) is 27.6 Å². The predicted molar refractivity (Wildman–Crippen MR) is 81.2 cm³/mol. The lowest BCUT2D eigenvalue weighted by atomic mass is 9.95. The summed E-state index contributed by atoms with van der Waals surface area (Å²) in [7, 11) is 1.62. The number of nitrogens with zero attached hydrogens (tertiary/aromatic N) is 3. The van der Waals surface area contributed by atoms with Crippen LogP contribution in [-0.2, 0) is 4.79 Å². The normalized spacial score (nSPS) is 16.6. The van der Waals surface area contributed by atoms with Crippen molar-refractivity contribution < 1.29 is 9.53 Å². The number of anilines is 1. The van der Waals surface area contributed by atoms with Gasteiger partial charge < -0.3 is 10.1 Å². The highest BCUT2D eigenvalue weighted by Crippen LogP contribution is 2.39. The second-order valence-electron chi connectivity index (χ2n) is 5.27. The number of aromatic nitrogens is 3. The Morgan fingerprint density at radius 1 is 1.32 bits per heavy atom. The third kappa shape index (κ3) is 1.64. The molecule has 3 aromatic rings. The Kier molecular flexibility index (Phi) is 2.66. The lowest BCUT2D eigenvalue weighted by Gasteiger charge is -2.10. The highest BCUT2D eigenvalue weighted by Gasteiger charge is 2.35. The fourth-order valence-corrected chi connectivity index (χ4v) is 3.06. The summed E-state index contributed by atoms with van der Waals surface area (Å²) >= 11 is 0. The van der Waals surface area contributed by atoms with Gasteiger partial charge in [0.2, 0.25) is 5.91 Å². The van der Waals surface area contributed by atoms with E-state index < -0.39 is 5.92 Å². The number of rotatable bonds is 2. The second-order valence-corrected chi connectivity index (χ2v) is 5.27. The first-order chi connectivity index (χ1) is 10.7. The fourth-order valence-electron chi connectivity index (χ4n) is 3.06. The number of amides is 1. The van der Waals surface area contributed by atoms with Crippen LogP contribution in [0.1, 0.15) is 22.7 Å². The Bertz CT molecular complexity index is 900. The number of hydrogen-bond acceptors (Lipinski definition) is 4. The molecule has 3 heterocycles. The van der Waals surface area contributed by atoms with Crippen molar-refractivity contribution in [2.75, 3.05) is 12.4 Å². The van der Waals surface area contributed by atoms with E-state index >= 15 is 0 Å². The zero-order valence-electron chi connectivity index (χ0n) is 12.2. The third-order valence-corrected chi connectivity index (χ3v) is 4.09. The number of methoxy groups -OCH3 is 1. The summed E-state index contributed by atoms with van der Waals surface area (Å²) in [6, 6.07) is 7.68. The molecule has 1 aromatic carbocycles. The number of ether oxygens (including phenoxy) is 1. The van der Waals surface area contributed by atoms with Gasteiger partial charge in [0.15, 0.2) is 0 Å². The van der Waals surface area contributed by atoms with Crippen LogP contribution in [0.2, 0.25) is 0 Å². The Morgan fingerprint density at radius 2 is 2.14 bits per heavy atom. The summed E-state index contributed by atoms with van der Waals surface area (Å²) in [5.74, 6) is 0.231. The lowest BCUT2D eigenvalue weighted by molar-refractivity contribution is -0.116. The number of aryl methyl sites for hydroxylation is 1. The van der Waals surface area contributed by atoms with Crippen LogP contribution in [0.5, 0.6) is 5.75 Å². The molecule has 1 unspecified atom stereocenters. The van der Waals surface area contributed by atoms with Crippen molar-refractivity contribution in [3.63, 3.8) is 0 Å². The molecule has 6 heteroatoms. The first-order valence-electron chi connectivity index (χ1n) is 6.97. The number of fused-ring (bicyclic) bond motifs is 2. The monoisotopic (exact) mass is 294 g/mol. The van der Waals surface area contributed by atoms with E-state index in [4.69, 9.17) is 4.74 Å². The van der Waals surface area contributed by atoms with Crippen molar-refractivity contribution in [3.8, 4) is 5.75 Å². The van der Waals surface area contributed by atoms with Crippen LogP contribution >= 0.6 is 0 Å². The van der Waals surface area contributed by atoms with Crippen LogP contribution in [0.3, 0.4) is 0 Å². The maximum absolute atomic E-state index is 12.5. The van der Waals surface area contributed by atoms with Crippen molar-refractivity contribution in [2.24, 2.45) is 0 Å². The standard InChI is InChI=1S/C16H14N4O2/c1-9-12(22-2)7-20-15(9)14(17-8-18-20)13-10-5-3-4-6-11(10)19-16(13)21/h3-8,13H,1-2H3,(H,19,21). The van der Waals surface area contributed by atoms with Gasteiger partial charge in [-0.1, -0.05) is 18.2 Å². The van der Waals surface area contributed by atoms with Crippen molar-refractivity contribution in [1.82, 2.24) is 14.6 Å². The smallest absolute Gasteiger partial charge is 0.238 e. The Morgan fingerprint density at radius 3 is 2.95 bits per heavy atom. The molecule has 2 aromatic heterocycles. The van der Waals surface area contributed by atoms with Gasteiger partial charge in [-0.05, 0) is 18.6 Å². The van der Waals surface area contributed by atoms with Gasteiger partial charge in [0, 0.05) is 11.3 Å². The van der Waals surface area contributed by atoms with Crippen molar-refractivity contribution >= 4 is 17.1 Å². The lowest BCUT2D eigenvalue weighted by Crippen LogP contribution is -2.16. The maximum atomic E-state index is 12.5. The number of benzene rings is 1. The van der Waals surface area contributed by atoms with Gasteiger partial charge in [-0.15, -0.1) is 0 Å². The first-order valence-corrected chi connectivity index (χ1v) is 6.97. The number of para-hydroxylation sites is 1. The maximum Gasteiger partial charge on any atom is 0.238 e. The van der Waals surface area contributed by atoms with Gasteiger partial charge in [0.1, 0.15) is 18.0 Å². The molecule has 1 amide bonds. The summed E-state index contributed by atoms with van der Waals surface area (Å²) in [6.07, 6.45) is 3.27. The summed E-state index contributed by atoms with van der Waals surface area (Å²) in [5, 5.41) is 7.13. The molecule has 0 radical (unpaired) electrons. The minimum atomic E-state index is -0.431. The van der Waals surface area contributed by atoms with Gasteiger partial charge in [-0.2, -0.15) is 5.10 Å². The summed E-state index contributed by atoms with van der Waals surface area (Å²) in [5.41, 5.74) is 4.21. The fraction of sp³-hybridized carbons (Fsp3) is 0.188. The van der Waals surface area contributed by atoms with E-state index in [1.54, 1.807) is 17.8 Å². The molecule has 0 fully saturated rings. The summed E-state index contributed by atoms with van der Waals surface area (Å²) < 4.78 is 7.07. The molecule has 22 heavy (non-hydrogen) atoms. The number of carbonyl (C=O) groups is 1. The molecule has 0 aliphatic carbocycles. The molecule has 0 spiro atoms. The largest absolute Gasteiger partial charge is 0.495 e. The van der Waals surface area contributed by atoms with Crippen molar-refractivity contribution in [2.45, 2.75) is 12.8 Å². The topological polar surface area (TPSA) is 68.5 Å². The van der Waals surface area contributed by atoms with Crippen molar-refractivity contribution in [3.05, 3.63) is 53.6 Å². The van der Waals surface area contributed by atoms with Crippen LogP contribution in [0.15, 0.2) is 36.8 Å². The van der Waals surface area contributed by atoms with E-state index in [2.05, 4.69) is 15.4 Å². The van der Waals surface area contributed by atoms with E-state index in [1.165, 1.54) is 6.33 Å². The molecule has 110 valence electrons. The molecular formula is C16H14N4O2. The van der Waals surface area contributed by atoms with Gasteiger partial charge in [0.25, 0.3) is 0 Å². The average Bonchev–Trinajstić information content (AvgIpc) is 3.03. The molecule has 1 atom stereocenters. The molecule has 6 nitrogen and oxygen atoms in total. The van der Waals surface area contributed by atoms with Crippen LogP contribution < -0.4 is 10.1 Å². The predicted octanol–water partition coefficient (Wildman–Crippen LogP) is 2.13. The number of carbonyl (C=O) groups excluding carboxylic acids is 1. The highest BCUT2D eigenvalue weighted by molar-refractivity contribution is 6.05. The zero-order valence-corrected chi connectivity index (χ0v) is 12.2. The van der Waals surface area contributed by atoms with E-state index in [0.717, 1.165) is 28.1 Å². The van der Waals surface area contributed by atoms with Gasteiger partial charge in [-0.3, -0.25) is 4.79 Å². The number of nitrogens with one attached hydrogen (secondary N) is 1. The SMILES string of the molecule is COc1cn2ncnc(C3C(=O)Nc4ccccc43)c2c1C. The van der Waals surface area contributed by atoms with Gasteiger partial charge in [-0.25, -0.2) is 9.50 Å². The Balaban J connectivity index is 1.99. The van der Waals surface area contributed by atoms with Gasteiger partial charge >= 0.3 is 0 Å².